The Kier molecular flexibility index (Phi) is 3.49. The summed E-state index contributed by atoms with van der Waals surface area (Å²) < 4.78 is 0. The lowest BCUT2D eigenvalue weighted by molar-refractivity contribution is 0.489. The molecule has 16 heavy (non-hydrogen) atoms. The van der Waals surface area contributed by atoms with Gasteiger partial charge >= 0.3 is 0 Å². The molecular formula is C14H22N2. The van der Waals surface area contributed by atoms with E-state index in [1.165, 1.54) is 24.1 Å². The number of para-hydroxylation sites is 1. The van der Waals surface area contributed by atoms with Crippen molar-refractivity contribution in [2.75, 3.05) is 18.5 Å². The van der Waals surface area contributed by atoms with E-state index >= 15 is 0 Å². The molecule has 0 aliphatic carbocycles. The van der Waals surface area contributed by atoms with Gasteiger partial charge in [0.05, 0.1) is 0 Å². The summed E-state index contributed by atoms with van der Waals surface area (Å²) in [6.07, 6.45) is 2.49. The summed E-state index contributed by atoms with van der Waals surface area (Å²) in [5.74, 6) is 0. The zero-order valence-corrected chi connectivity index (χ0v) is 10.5. The number of rotatable bonds is 3. The SMILES string of the molecule is CNCC(C)N1c2ccccc2CCC1C. The van der Waals surface area contributed by atoms with Gasteiger partial charge < -0.3 is 10.2 Å². The van der Waals surface area contributed by atoms with Gasteiger partial charge in [0.1, 0.15) is 0 Å². The summed E-state index contributed by atoms with van der Waals surface area (Å²) >= 11 is 0. The Bertz CT molecular complexity index is 348. The van der Waals surface area contributed by atoms with Crippen molar-refractivity contribution in [1.29, 1.82) is 0 Å². The van der Waals surface area contributed by atoms with Gasteiger partial charge in [-0.2, -0.15) is 0 Å². The van der Waals surface area contributed by atoms with Gasteiger partial charge in [-0.3, -0.25) is 0 Å². The van der Waals surface area contributed by atoms with Crippen molar-refractivity contribution < 1.29 is 0 Å². The molecule has 0 radical (unpaired) electrons. The van der Waals surface area contributed by atoms with E-state index in [1.807, 2.05) is 7.05 Å². The number of nitrogens with one attached hydrogen (secondary N) is 1. The monoisotopic (exact) mass is 218 g/mol. The zero-order valence-electron chi connectivity index (χ0n) is 10.5. The summed E-state index contributed by atoms with van der Waals surface area (Å²) in [7, 11) is 2.02. The predicted octanol–water partition coefficient (Wildman–Crippen LogP) is 2.44. The smallest absolute Gasteiger partial charge is 0.0404 e. The second kappa shape index (κ2) is 4.88. The number of fused-ring (bicyclic) bond motifs is 1. The third-order valence-electron chi connectivity index (χ3n) is 3.55. The second-order valence-corrected chi connectivity index (χ2v) is 4.83. The highest BCUT2D eigenvalue weighted by Crippen LogP contribution is 2.31. The van der Waals surface area contributed by atoms with Crippen molar-refractivity contribution in [3.05, 3.63) is 29.8 Å². The van der Waals surface area contributed by atoms with Gasteiger partial charge in [0.25, 0.3) is 0 Å². The Morgan fingerprint density at radius 1 is 1.44 bits per heavy atom. The maximum absolute atomic E-state index is 3.27. The molecular weight excluding hydrogens is 196 g/mol. The third-order valence-corrected chi connectivity index (χ3v) is 3.55. The van der Waals surface area contributed by atoms with Crippen molar-refractivity contribution in [2.24, 2.45) is 0 Å². The van der Waals surface area contributed by atoms with Crippen molar-refractivity contribution in [3.63, 3.8) is 0 Å². The summed E-state index contributed by atoms with van der Waals surface area (Å²) in [6, 6.07) is 10.0. The molecule has 1 aromatic carbocycles. The van der Waals surface area contributed by atoms with Crippen molar-refractivity contribution in [3.8, 4) is 0 Å². The molecule has 0 saturated heterocycles. The average molecular weight is 218 g/mol. The fraction of sp³-hybridized carbons (Fsp3) is 0.571. The Balaban J connectivity index is 2.29. The van der Waals surface area contributed by atoms with Crippen LogP contribution in [0.4, 0.5) is 5.69 Å². The molecule has 1 aliphatic heterocycles. The van der Waals surface area contributed by atoms with Crippen LogP contribution in [0.1, 0.15) is 25.8 Å². The molecule has 0 bridgehead atoms. The van der Waals surface area contributed by atoms with E-state index in [-0.39, 0.29) is 0 Å². The molecule has 0 aromatic heterocycles. The van der Waals surface area contributed by atoms with Crippen LogP contribution in [0.3, 0.4) is 0 Å². The normalized spacial score (nSPS) is 21.7. The maximum atomic E-state index is 3.27. The van der Waals surface area contributed by atoms with Crippen LogP contribution in [0.15, 0.2) is 24.3 Å². The van der Waals surface area contributed by atoms with Crippen molar-refractivity contribution in [1.82, 2.24) is 5.32 Å². The van der Waals surface area contributed by atoms with Gasteiger partial charge in [0, 0.05) is 24.3 Å². The molecule has 2 atom stereocenters. The number of benzene rings is 1. The van der Waals surface area contributed by atoms with Crippen LogP contribution >= 0.6 is 0 Å². The van der Waals surface area contributed by atoms with Gasteiger partial charge in [-0.25, -0.2) is 0 Å². The van der Waals surface area contributed by atoms with E-state index in [1.54, 1.807) is 0 Å². The first-order valence-corrected chi connectivity index (χ1v) is 6.25. The Morgan fingerprint density at radius 2 is 2.19 bits per heavy atom. The lowest BCUT2D eigenvalue weighted by Gasteiger charge is -2.41. The molecule has 2 heteroatoms. The molecule has 88 valence electrons. The minimum atomic E-state index is 0.557. The quantitative estimate of drug-likeness (QED) is 0.838. The Hall–Kier alpha value is -1.02. The number of likely N-dealkylation sites (N-methyl/N-ethyl adjacent to an activating group) is 1. The van der Waals surface area contributed by atoms with Crippen molar-refractivity contribution >= 4 is 5.69 Å². The first-order chi connectivity index (χ1) is 7.74. The molecule has 2 unspecified atom stereocenters. The summed E-state index contributed by atoms with van der Waals surface area (Å²) in [6.45, 7) is 5.68. The predicted molar refractivity (Wildman–Crippen MR) is 70.1 cm³/mol. The van der Waals surface area contributed by atoms with Crippen LogP contribution in [0.25, 0.3) is 0 Å². The fourth-order valence-electron chi connectivity index (χ4n) is 2.78. The van der Waals surface area contributed by atoms with E-state index in [2.05, 4.69) is 48.3 Å². The van der Waals surface area contributed by atoms with Crippen LogP contribution in [-0.4, -0.2) is 25.7 Å². The summed E-state index contributed by atoms with van der Waals surface area (Å²) in [5.41, 5.74) is 2.94. The largest absolute Gasteiger partial charge is 0.365 e. The topological polar surface area (TPSA) is 15.3 Å². The van der Waals surface area contributed by atoms with Gasteiger partial charge in [-0.05, 0) is 45.4 Å². The van der Waals surface area contributed by atoms with E-state index in [9.17, 15) is 0 Å². The number of hydrogen-bond acceptors (Lipinski definition) is 2. The molecule has 1 aliphatic rings. The van der Waals surface area contributed by atoms with Crippen LogP contribution in [0.2, 0.25) is 0 Å². The molecule has 2 rings (SSSR count). The van der Waals surface area contributed by atoms with E-state index in [0.717, 1.165) is 6.54 Å². The number of aryl methyl sites for hydroxylation is 1. The van der Waals surface area contributed by atoms with Crippen LogP contribution in [0, 0.1) is 0 Å². The highest BCUT2D eigenvalue weighted by atomic mass is 15.2. The van der Waals surface area contributed by atoms with Crippen molar-refractivity contribution in [2.45, 2.75) is 38.8 Å². The van der Waals surface area contributed by atoms with Crippen LogP contribution < -0.4 is 10.2 Å². The van der Waals surface area contributed by atoms with Gasteiger partial charge in [0.15, 0.2) is 0 Å². The minimum absolute atomic E-state index is 0.557. The average Bonchev–Trinajstić information content (AvgIpc) is 2.29. The van der Waals surface area contributed by atoms with E-state index in [4.69, 9.17) is 0 Å². The molecule has 1 aromatic rings. The fourth-order valence-corrected chi connectivity index (χ4v) is 2.78. The molecule has 0 spiro atoms. The molecule has 2 nitrogen and oxygen atoms in total. The van der Waals surface area contributed by atoms with Crippen LogP contribution in [0.5, 0.6) is 0 Å². The van der Waals surface area contributed by atoms with Crippen LogP contribution in [-0.2, 0) is 6.42 Å². The highest BCUT2D eigenvalue weighted by molar-refractivity contribution is 5.57. The Labute approximate surface area is 98.7 Å². The standard InChI is InChI=1S/C14H22N2/c1-11-8-9-13-6-4-5-7-14(13)16(11)12(2)10-15-3/h4-7,11-12,15H,8-10H2,1-3H3. The summed E-state index contributed by atoms with van der Waals surface area (Å²) in [4.78, 5) is 2.56. The van der Waals surface area contributed by atoms with Gasteiger partial charge in [-0.1, -0.05) is 18.2 Å². The van der Waals surface area contributed by atoms with E-state index < -0.39 is 0 Å². The highest BCUT2D eigenvalue weighted by Gasteiger charge is 2.25. The zero-order chi connectivity index (χ0) is 11.5. The van der Waals surface area contributed by atoms with Gasteiger partial charge in [0.2, 0.25) is 0 Å². The Morgan fingerprint density at radius 3 is 2.94 bits per heavy atom. The van der Waals surface area contributed by atoms with Gasteiger partial charge in [-0.15, -0.1) is 0 Å². The molecule has 0 fully saturated rings. The molecule has 0 saturated carbocycles. The first kappa shape index (κ1) is 11.5. The number of hydrogen-bond donors (Lipinski definition) is 1. The first-order valence-electron chi connectivity index (χ1n) is 6.25. The molecule has 0 amide bonds. The lowest BCUT2D eigenvalue weighted by Crippen LogP contribution is -2.47. The molecule has 1 N–H and O–H groups in total. The maximum Gasteiger partial charge on any atom is 0.0404 e. The lowest BCUT2D eigenvalue weighted by atomic mass is 9.95. The third kappa shape index (κ3) is 2.07. The summed E-state index contributed by atoms with van der Waals surface area (Å²) in [5, 5.41) is 3.27. The van der Waals surface area contributed by atoms with E-state index in [0.29, 0.717) is 12.1 Å². The number of nitrogens with zero attached hydrogens (tertiary/aromatic N) is 1. The number of anilines is 1. The second-order valence-electron chi connectivity index (χ2n) is 4.83. The molecule has 1 heterocycles. The minimum Gasteiger partial charge on any atom is -0.365 e.